The molecule has 150 valence electrons. The van der Waals surface area contributed by atoms with E-state index >= 15 is 0 Å². The summed E-state index contributed by atoms with van der Waals surface area (Å²) in [7, 11) is 1.86. The molecule has 2 fully saturated rings. The fourth-order valence-electron chi connectivity index (χ4n) is 3.85. The normalized spacial score (nSPS) is 24.2. The van der Waals surface area contributed by atoms with Crippen LogP contribution in [0.15, 0.2) is 35.3 Å². The van der Waals surface area contributed by atoms with Crippen LogP contribution in [0, 0.1) is 0 Å². The van der Waals surface area contributed by atoms with Gasteiger partial charge in [-0.05, 0) is 50.6 Å². The zero-order chi connectivity index (χ0) is 19.0. The molecule has 0 aromatic heterocycles. The van der Waals surface area contributed by atoms with Crippen molar-refractivity contribution in [2.24, 2.45) is 4.99 Å². The lowest BCUT2D eigenvalue weighted by molar-refractivity contribution is 0.255. The van der Waals surface area contributed by atoms with E-state index in [1.165, 1.54) is 24.3 Å². The number of nitrogens with one attached hydrogen (secondary N) is 2. The Morgan fingerprint density at radius 1 is 1.15 bits per heavy atom. The van der Waals surface area contributed by atoms with Crippen LogP contribution in [-0.4, -0.2) is 74.2 Å². The first-order valence-corrected chi connectivity index (χ1v) is 11.3. The molecule has 2 aliphatic heterocycles. The van der Waals surface area contributed by atoms with Gasteiger partial charge < -0.3 is 15.5 Å². The fraction of sp³-hybridized carbons (Fsp3) is 0.667. The van der Waals surface area contributed by atoms with Crippen LogP contribution in [-0.2, 0) is 0 Å². The van der Waals surface area contributed by atoms with Crippen LogP contribution in [0.5, 0.6) is 0 Å². The molecule has 2 aliphatic rings. The molecule has 5 nitrogen and oxygen atoms in total. The van der Waals surface area contributed by atoms with Gasteiger partial charge in [-0.1, -0.05) is 18.2 Å². The van der Waals surface area contributed by atoms with Gasteiger partial charge in [-0.3, -0.25) is 9.89 Å². The molecule has 0 saturated carbocycles. The van der Waals surface area contributed by atoms with Gasteiger partial charge in [0.05, 0.1) is 0 Å². The number of thioether (sulfide) groups is 1. The Kier molecular flexibility index (Phi) is 7.70. The van der Waals surface area contributed by atoms with Crippen molar-refractivity contribution >= 4 is 23.4 Å². The van der Waals surface area contributed by atoms with Gasteiger partial charge in [0.15, 0.2) is 5.96 Å². The van der Waals surface area contributed by atoms with Crippen molar-refractivity contribution in [3.05, 3.63) is 30.3 Å². The Labute approximate surface area is 169 Å². The first-order valence-electron chi connectivity index (χ1n) is 10.3. The highest BCUT2D eigenvalue weighted by molar-refractivity contribution is 8.00. The standard InChI is InChI=1S/C21H35N5S/c1-21(10-6-17-27-21)18-24-20(22-2)23-11-7-12-25-13-15-26(16-14-25)19-8-4-3-5-9-19/h3-5,8-9H,6-7,10-18H2,1-2H3,(H2,22,23,24). The molecule has 1 unspecified atom stereocenters. The second-order valence-electron chi connectivity index (χ2n) is 7.77. The molecule has 0 amide bonds. The van der Waals surface area contributed by atoms with Gasteiger partial charge in [-0.25, -0.2) is 0 Å². The molecular formula is C21H35N5S. The van der Waals surface area contributed by atoms with Gasteiger partial charge in [0.1, 0.15) is 0 Å². The van der Waals surface area contributed by atoms with Crippen molar-refractivity contribution in [1.82, 2.24) is 15.5 Å². The molecule has 1 atom stereocenters. The number of anilines is 1. The summed E-state index contributed by atoms with van der Waals surface area (Å²) in [6, 6.07) is 10.8. The average Bonchev–Trinajstić information content (AvgIpc) is 3.15. The lowest BCUT2D eigenvalue weighted by Gasteiger charge is -2.36. The molecule has 3 rings (SSSR count). The first-order chi connectivity index (χ1) is 13.2. The Balaban J connectivity index is 1.28. The van der Waals surface area contributed by atoms with E-state index in [9.17, 15) is 0 Å². The second kappa shape index (κ2) is 10.2. The minimum atomic E-state index is 0.371. The zero-order valence-corrected chi connectivity index (χ0v) is 17.7. The van der Waals surface area contributed by atoms with E-state index in [1.807, 2.05) is 7.05 Å². The third kappa shape index (κ3) is 6.32. The molecule has 2 saturated heterocycles. The topological polar surface area (TPSA) is 42.9 Å². The average molecular weight is 390 g/mol. The summed E-state index contributed by atoms with van der Waals surface area (Å²) in [6.45, 7) is 10.0. The van der Waals surface area contributed by atoms with Crippen molar-refractivity contribution in [2.75, 3.05) is 63.5 Å². The summed E-state index contributed by atoms with van der Waals surface area (Å²) in [6.07, 6.45) is 3.79. The number of hydrogen-bond acceptors (Lipinski definition) is 4. The first kappa shape index (κ1) is 20.3. The summed E-state index contributed by atoms with van der Waals surface area (Å²) in [5.41, 5.74) is 1.35. The maximum Gasteiger partial charge on any atom is 0.191 e. The van der Waals surface area contributed by atoms with E-state index in [0.29, 0.717) is 4.75 Å². The Bertz CT molecular complexity index is 577. The Morgan fingerprint density at radius 2 is 1.93 bits per heavy atom. The van der Waals surface area contributed by atoms with Crippen LogP contribution in [0.1, 0.15) is 26.2 Å². The maximum absolute atomic E-state index is 4.37. The maximum atomic E-state index is 4.37. The number of aliphatic imine (C=N–C) groups is 1. The molecule has 2 heterocycles. The van der Waals surface area contributed by atoms with Crippen LogP contribution in [0.4, 0.5) is 5.69 Å². The lowest BCUT2D eigenvalue weighted by atomic mass is 10.1. The summed E-state index contributed by atoms with van der Waals surface area (Å²) in [5.74, 6) is 2.24. The van der Waals surface area contributed by atoms with Gasteiger partial charge in [-0.2, -0.15) is 11.8 Å². The molecular weight excluding hydrogens is 354 g/mol. The number of benzene rings is 1. The molecule has 1 aromatic rings. The lowest BCUT2D eigenvalue weighted by Crippen LogP contribution is -2.47. The number of hydrogen-bond donors (Lipinski definition) is 2. The van der Waals surface area contributed by atoms with Crippen molar-refractivity contribution in [3.63, 3.8) is 0 Å². The van der Waals surface area contributed by atoms with Gasteiger partial charge in [0.25, 0.3) is 0 Å². The number of nitrogens with zero attached hydrogens (tertiary/aromatic N) is 3. The quantitative estimate of drug-likeness (QED) is 0.426. The monoisotopic (exact) mass is 389 g/mol. The largest absolute Gasteiger partial charge is 0.369 e. The summed E-state index contributed by atoms with van der Waals surface area (Å²) in [5, 5.41) is 6.99. The van der Waals surface area contributed by atoms with E-state index < -0.39 is 0 Å². The van der Waals surface area contributed by atoms with Crippen molar-refractivity contribution in [2.45, 2.75) is 30.9 Å². The fourth-order valence-corrected chi connectivity index (χ4v) is 5.09. The van der Waals surface area contributed by atoms with Gasteiger partial charge in [-0.15, -0.1) is 0 Å². The minimum Gasteiger partial charge on any atom is -0.369 e. The van der Waals surface area contributed by atoms with Crippen molar-refractivity contribution in [1.29, 1.82) is 0 Å². The molecule has 0 spiro atoms. The van der Waals surface area contributed by atoms with Crippen molar-refractivity contribution in [3.8, 4) is 0 Å². The molecule has 0 radical (unpaired) electrons. The van der Waals surface area contributed by atoms with Crippen LogP contribution in [0.3, 0.4) is 0 Å². The highest BCUT2D eigenvalue weighted by Gasteiger charge is 2.29. The Hall–Kier alpha value is -1.40. The number of guanidine groups is 1. The molecule has 6 heteroatoms. The number of para-hydroxylation sites is 1. The summed E-state index contributed by atoms with van der Waals surface area (Å²) in [4.78, 5) is 9.44. The minimum absolute atomic E-state index is 0.371. The molecule has 27 heavy (non-hydrogen) atoms. The predicted molar refractivity (Wildman–Crippen MR) is 119 cm³/mol. The SMILES string of the molecule is CN=C(NCCCN1CCN(c2ccccc2)CC1)NCC1(C)CCCS1. The summed E-state index contributed by atoms with van der Waals surface area (Å²) >= 11 is 2.09. The van der Waals surface area contributed by atoms with Crippen LogP contribution < -0.4 is 15.5 Å². The third-order valence-electron chi connectivity index (χ3n) is 5.59. The predicted octanol–water partition coefficient (Wildman–Crippen LogP) is 2.65. The van der Waals surface area contributed by atoms with Crippen LogP contribution in [0.2, 0.25) is 0 Å². The van der Waals surface area contributed by atoms with Gasteiger partial charge in [0, 0.05) is 56.8 Å². The van der Waals surface area contributed by atoms with Crippen LogP contribution >= 0.6 is 11.8 Å². The molecule has 1 aromatic carbocycles. The molecule has 2 N–H and O–H groups in total. The second-order valence-corrected chi connectivity index (χ2v) is 9.45. The van der Waals surface area contributed by atoms with E-state index in [1.54, 1.807) is 0 Å². The van der Waals surface area contributed by atoms with E-state index in [4.69, 9.17) is 0 Å². The highest BCUT2D eigenvalue weighted by atomic mass is 32.2. The van der Waals surface area contributed by atoms with E-state index in [0.717, 1.165) is 58.2 Å². The Morgan fingerprint density at radius 3 is 2.59 bits per heavy atom. The van der Waals surface area contributed by atoms with Gasteiger partial charge >= 0.3 is 0 Å². The molecule has 0 bridgehead atoms. The smallest absolute Gasteiger partial charge is 0.191 e. The number of piperazine rings is 1. The summed E-state index contributed by atoms with van der Waals surface area (Å²) < 4.78 is 0.371. The van der Waals surface area contributed by atoms with Gasteiger partial charge in [0.2, 0.25) is 0 Å². The van der Waals surface area contributed by atoms with E-state index in [-0.39, 0.29) is 0 Å². The third-order valence-corrected chi connectivity index (χ3v) is 7.13. The number of rotatable bonds is 7. The van der Waals surface area contributed by atoms with Crippen molar-refractivity contribution < 1.29 is 0 Å². The molecule has 0 aliphatic carbocycles. The zero-order valence-electron chi connectivity index (χ0n) is 16.9. The van der Waals surface area contributed by atoms with E-state index in [2.05, 4.69) is 74.4 Å². The van der Waals surface area contributed by atoms with Crippen LogP contribution in [0.25, 0.3) is 0 Å². The highest BCUT2D eigenvalue weighted by Crippen LogP contribution is 2.36.